The molecule has 0 saturated heterocycles. The second-order valence-corrected chi connectivity index (χ2v) is 5.12. The summed E-state index contributed by atoms with van der Waals surface area (Å²) in [6.45, 7) is 1.29. The Labute approximate surface area is 136 Å². The minimum atomic E-state index is -4.47. The Morgan fingerprint density at radius 3 is 2.33 bits per heavy atom. The lowest BCUT2D eigenvalue weighted by Crippen LogP contribution is -2.22. The number of Topliss-reactive ketones (excluding diaryl/α,β-unsaturated/α-hetero) is 1. The number of hydrogen-bond acceptors (Lipinski definition) is 3. The van der Waals surface area contributed by atoms with Crippen molar-refractivity contribution in [3.05, 3.63) is 59.7 Å². The molecule has 0 aromatic heterocycles. The summed E-state index contributed by atoms with van der Waals surface area (Å²) in [5.41, 5.74) is 0.303. The summed E-state index contributed by atoms with van der Waals surface area (Å²) in [6, 6.07) is 11.0. The second-order valence-electron chi connectivity index (χ2n) is 5.12. The lowest BCUT2D eigenvalue weighted by Gasteiger charge is -2.11. The van der Waals surface area contributed by atoms with Crippen molar-refractivity contribution in [1.82, 2.24) is 0 Å². The maximum Gasteiger partial charge on any atom is 0.416 e. The number of carbonyl (C=O) groups excluding carboxylic acids is 2. The molecule has 0 aliphatic heterocycles. The molecule has 0 radical (unpaired) electrons. The summed E-state index contributed by atoms with van der Waals surface area (Å²) in [5.74, 6) is -0.602. The molecule has 24 heavy (non-hydrogen) atoms. The zero-order valence-electron chi connectivity index (χ0n) is 12.8. The van der Waals surface area contributed by atoms with Crippen LogP contribution in [0, 0.1) is 0 Å². The zero-order valence-corrected chi connectivity index (χ0v) is 12.8. The lowest BCUT2D eigenvalue weighted by molar-refractivity contribution is -0.137. The molecule has 2 N–H and O–H groups in total. The van der Waals surface area contributed by atoms with E-state index in [9.17, 15) is 22.8 Å². The average Bonchev–Trinajstić information content (AvgIpc) is 2.52. The molecule has 0 unspecified atom stereocenters. The highest BCUT2D eigenvalue weighted by molar-refractivity contribution is 5.96. The second kappa shape index (κ2) is 7.16. The molecule has 0 spiro atoms. The number of rotatable bonds is 5. The van der Waals surface area contributed by atoms with Gasteiger partial charge in [-0.3, -0.25) is 9.59 Å². The number of anilines is 2. The van der Waals surface area contributed by atoms with Crippen molar-refractivity contribution in [2.45, 2.75) is 13.1 Å². The molecule has 0 heterocycles. The van der Waals surface area contributed by atoms with Gasteiger partial charge in [-0.1, -0.05) is 18.2 Å². The molecule has 0 aliphatic carbocycles. The van der Waals surface area contributed by atoms with Crippen LogP contribution < -0.4 is 10.6 Å². The number of alkyl halides is 3. The van der Waals surface area contributed by atoms with Crippen LogP contribution in [0.15, 0.2) is 48.5 Å². The van der Waals surface area contributed by atoms with E-state index in [-0.39, 0.29) is 18.0 Å². The fraction of sp³-hybridized carbons (Fsp3) is 0.176. The van der Waals surface area contributed by atoms with Crippen LogP contribution in [0.25, 0.3) is 0 Å². The van der Waals surface area contributed by atoms with Gasteiger partial charge in [-0.15, -0.1) is 0 Å². The van der Waals surface area contributed by atoms with E-state index >= 15 is 0 Å². The Hall–Kier alpha value is -2.83. The van der Waals surface area contributed by atoms with Crippen LogP contribution in [0.1, 0.15) is 22.8 Å². The van der Waals surface area contributed by atoms with Crippen molar-refractivity contribution in [1.29, 1.82) is 0 Å². The van der Waals surface area contributed by atoms with E-state index in [2.05, 4.69) is 10.6 Å². The van der Waals surface area contributed by atoms with Gasteiger partial charge in [0.25, 0.3) is 0 Å². The van der Waals surface area contributed by atoms with Gasteiger partial charge < -0.3 is 10.6 Å². The highest BCUT2D eigenvalue weighted by atomic mass is 19.4. The van der Waals surface area contributed by atoms with Crippen molar-refractivity contribution < 1.29 is 22.8 Å². The van der Waals surface area contributed by atoms with Crippen molar-refractivity contribution in [3.63, 3.8) is 0 Å². The first-order valence-corrected chi connectivity index (χ1v) is 7.08. The van der Waals surface area contributed by atoms with E-state index in [1.54, 1.807) is 24.3 Å². The van der Waals surface area contributed by atoms with E-state index in [1.807, 2.05) is 0 Å². The third-order valence-corrected chi connectivity index (χ3v) is 3.20. The molecular weight excluding hydrogens is 321 g/mol. The zero-order chi connectivity index (χ0) is 17.7. The third kappa shape index (κ3) is 4.84. The van der Waals surface area contributed by atoms with Gasteiger partial charge in [0.2, 0.25) is 5.91 Å². The van der Waals surface area contributed by atoms with Crippen LogP contribution in [0.2, 0.25) is 0 Å². The number of halogens is 3. The van der Waals surface area contributed by atoms with E-state index in [4.69, 9.17) is 0 Å². The van der Waals surface area contributed by atoms with E-state index in [0.717, 1.165) is 12.1 Å². The molecule has 0 saturated carbocycles. The molecule has 2 aromatic rings. The Balaban J connectivity index is 1.97. The minimum absolute atomic E-state index is 0.0640. The van der Waals surface area contributed by atoms with Gasteiger partial charge >= 0.3 is 6.18 Å². The summed E-state index contributed by atoms with van der Waals surface area (Å²) in [6.07, 6.45) is -4.47. The third-order valence-electron chi connectivity index (χ3n) is 3.20. The van der Waals surface area contributed by atoms with Crippen LogP contribution in [0.5, 0.6) is 0 Å². The molecule has 0 aliphatic rings. The van der Waals surface area contributed by atoms with Gasteiger partial charge in [-0.2, -0.15) is 13.2 Å². The summed E-state index contributed by atoms with van der Waals surface area (Å²) < 4.78 is 37.9. The Bertz CT molecular complexity index is 757. The highest BCUT2D eigenvalue weighted by Gasteiger charge is 2.30. The molecule has 2 aromatic carbocycles. The molecule has 0 atom stereocenters. The number of amides is 1. The van der Waals surface area contributed by atoms with Gasteiger partial charge in [0.15, 0.2) is 5.78 Å². The molecular formula is C17H15F3N2O2. The summed E-state index contributed by atoms with van der Waals surface area (Å²) in [5, 5.41) is 5.21. The number of ketones is 1. The van der Waals surface area contributed by atoms with Gasteiger partial charge in [0, 0.05) is 16.9 Å². The number of nitrogens with one attached hydrogen (secondary N) is 2. The van der Waals surface area contributed by atoms with Gasteiger partial charge in [-0.05, 0) is 37.3 Å². The predicted molar refractivity (Wildman–Crippen MR) is 85.0 cm³/mol. The SMILES string of the molecule is CC(=O)c1cccc(NCC(=O)Nc2cccc(C(F)(F)F)c2)c1. The van der Waals surface area contributed by atoms with Gasteiger partial charge in [-0.25, -0.2) is 0 Å². The smallest absolute Gasteiger partial charge is 0.376 e. The first-order valence-electron chi connectivity index (χ1n) is 7.08. The number of carbonyl (C=O) groups is 2. The van der Waals surface area contributed by atoms with Crippen LogP contribution in [-0.4, -0.2) is 18.2 Å². The fourth-order valence-electron chi connectivity index (χ4n) is 2.01. The Morgan fingerprint density at radius 1 is 1.00 bits per heavy atom. The first-order chi connectivity index (χ1) is 11.3. The standard InChI is InChI=1S/C17H15F3N2O2/c1-11(23)12-4-2-6-14(8-12)21-10-16(24)22-15-7-3-5-13(9-15)17(18,19)20/h2-9,21H,10H2,1H3,(H,22,24). The van der Waals surface area contributed by atoms with Crippen LogP contribution >= 0.6 is 0 Å². The topological polar surface area (TPSA) is 58.2 Å². The van der Waals surface area contributed by atoms with E-state index < -0.39 is 17.6 Å². The minimum Gasteiger partial charge on any atom is -0.376 e. The molecule has 0 fully saturated rings. The van der Waals surface area contributed by atoms with Gasteiger partial charge in [0.1, 0.15) is 0 Å². The van der Waals surface area contributed by atoms with E-state index in [0.29, 0.717) is 11.3 Å². The molecule has 4 nitrogen and oxygen atoms in total. The predicted octanol–water partition coefficient (Wildman–Crippen LogP) is 3.96. The van der Waals surface area contributed by atoms with Crippen molar-refractivity contribution in [2.24, 2.45) is 0 Å². The Kier molecular flexibility index (Phi) is 5.23. The van der Waals surface area contributed by atoms with Crippen LogP contribution in [-0.2, 0) is 11.0 Å². The molecule has 2 rings (SSSR count). The first kappa shape index (κ1) is 17.5. The molecule has 7 heteroatoms. The highest BCUT2D eigenvalue weighted by Crippen LogP contribution is 2.30. The van der Waals surface area contributed by atoms with Crippen molar-refractivity contribution >= 4 is 23.1 Å². The van der Waals surface area contributed by atoms with Gasteiger partial charge in [0.05, 0.1) is 12.1 Å². The van der Waals surface area contributed by atoms with Crippen LogP contribution in [0.4, 0.5) is 24.5 Å². The van der Waals surface area contributed by atoms with Crippen molar-refractivity contribution in [3.8, 4) is 0 Å². The average molecular weight is 336 g/mol. The number of hydrogen-bond donors (Lipinski definition) is 2. The maximum atomic E-state index is 12.6. The summed E-state index contributed by atoms with van der Waals surface area (Å²) >= 11 is 0. The molecule has 0 bridgehead atoms. The largest absolute Gasteiger partial charge is 0.416 e. The quantitative estimate of drug-likeness (QED) is 0.813. The fourth-order valence-corrected chi connectivity index (χ4v) is 2.01. The number of benzene rings is 2. The van der Waals surface area contributed by atoms with E-state index in [1.165, 1.54) is 19.1 Å². The normalized spacial score (nSPS) is 11.0. The Morgan fingerprint density at radius 2 is 1.67 bits per heavy atom. The lowest BCUT2D eigenvalue weighted by atomic mass is 10.1. The maximum absolute atomic E-state index is 12.6. The summed E-state index contributed by atoms with van der Waals surface area (Å²) in [4.78, 5) is 23.1. The molecule has 126 valence electrons. The van der Waals surface area contributed by atoms with Crippen molar-refractivity contribution in [2.75, 3.05) is 17.2 Å². The summed E-state index contributed by atoms with van der Waals surface area (Å²) in [7, 11) is 0. The van der Waals surface area contributed by atoms with Crippen LogP contribution in [0.3, 0.4) is 0 Å². The monoisotopic (exact) mass is 336 g/mol. The molecule has 1 amide bonds.